The molecule has 0 aliphatic heterocycles. The Kier molecular flexibility index (Phi) is 10.5. The number of rotatable bonds is 7. The Labute approximate surface area is 535 Å². The lowest BCUT2D eigenvalue weighted by Gasteiger charge is -2.15. The molecular weight excluding hydrogens is 1150 g/mol. The van der Waals surface area contributed by atoms with E-state index in [9.17, 15) is 0 Å². The molecule has 0 aliphatic rings. The molecule has 436 valence electrons. The van der Waals surface area contributed by atoms with Crippen molar-refractivity contribution in [1.82, 2.24) is 23.7 Å². The molecule has 0 saturated heterocycles. The Hall–Kier alpha value is -12.8. The van der Waals surface area contributed by atoms with Crippen molar-refractivity contribution in [2.75, 3.05) is 0 Å². The highest BCUT2D eigenvalue weighted by Crippen LogP contribution is 2.43. The maximum atomic E-state index is 6.43. The van der Waals surface area contributed by atoms with Crippen molar-refractivity contribution in [2.45, 2.75) is 0 Å². The van der Waals surface area contributed by atoms with Gasteiger partial charge in [-0.1, -0.05) is 176 Å². The minimum Gasteiger partial charge on any atom is -0.456 e. The molecule has 0 radical (unpaired) electrons. The van der Waals surface area contributed by atoms with Crippen LogP contribution in [0.15, 0.2) is 311 Å². The highest BCUT2D eigenvalue weighted by Gasteiger charge is 2.23. The molecule has 7 heterocycles. The number of nitrogens with zero attached hydrogens (tertiary/aromatic N) is 5. The Morgan fingerprint density at radius 2 is 0.521 bits per heavy atom. The zero-order valence-electron chi connectivity index (χ0n) is 50.3. The number of hydrogen-bond donors (Lipinski definition) is 0. The van der Waals surface area contributed by atoms with E-state index >= 15 is 0 Å². The molecule has 0 spiro atoms. The zero-order chi connectivity index (χ0) is 61.3. The van der Waals surface area contributed by atoms with Crippen LogP contribution in [0.3, 0.4) is 0 Å². The SMILES string of the molecule is c1ccc2c(c1)oc1cc(-c3ccc4c5ccccc5n(-c5ccc(-c6nc(-n7c8ccccc8c8ccc(-c9ccc%10c(c9)oc9ccccc9%10)cc87)nc7ccc(-n8c9ccccc9c9ccc(-c%10ccc%11c(c%10)oc%10ccccc%10%11)cc98)cc67)cc5)c4c3)ccc12. The monoisotopic (exact) mass is 1200 g/mol. The summed E-state index contributed by atoms with van der Waals surface area (Å²) in [5.74, 6) is 0.578. The molecule has 0 N–H and O–H groups in total. The smallest absolute Gasteiger partial charge is 0.235 e. The number of benzene rings is 14. The van der Waals surface area contributed by atoms with Gasteiger partial charge in [-0.25, -0.2) is 9.97 Å². The van der Waals surface area contributed by atoms with E-state index in [-0.39, 0.29) is 0 Å². The summed E-state index contributed by atoms with van der Waals surface area (Å²) in [6, 6.07) is 106. The number of furan rings is 3. The quantitative estimate of drug-likeness (QED) is 0.159. The van der Waals surface area contributed by atoms with Gasteiger partial charge in [-0.3, -0.25) is 4.57 Å². The molecule has 21 rings (SSSR count). The van der Waals surface area contributed by atoms with Gasteiger partial charge in [0.2, 0.25) is 5.95 Å². The van der Waals surface area contributed by atoms with Crippen LogP contribution in [0.2, 0.25) is 0 Å². The average molecular weight is 1200 g/mol. The average Bonchev–Trinajstić information content (AvgIpc) is 1.55. The van der Waals surface area contributed by atoms with Crippen LogP contribution in [0.5, 0.6) is 0 Å². The van der Waals surface area contributed by atoms with Gasteiger partial charge in [0.05, 0.1) is 44.3 Å². The Morgan fingerprint density at radius 3 is 0.968 bits per heavy atom. The minimum atomic E-state index is 0.578. The Bertz CT molecular complexity index is 6810. The lowest BCUT2D eigenvalue weighted by atomic mass is 10.0. The fourth-order valence-corrected chi connectivity index (χ4v) is 15.3. The first-order valence-corrected chi connectivity index (χ1v) is 31.8. The molecule has 0 aliphatic carbocycles. The second kappa shape index (κ2) is 19.4. The van der Waals surface area contributed by atoms with Crippen LogP contribution in [0.4, 0.5) is 0 Å². The topological polar surface area (TPSA) is 80.0 Å². The van der Waals surface area contributed by atoms with Gasteiger partial charge in [0.1, 0.15) is 33.5 Å². The molecule has 8 heteroatoms. The third kappa shape index (κ3) is 7.50. The molecule has 0 fully saturated rings. The third-order valence-electron chi connectivity index (χ3n) is 19.7. The minimum absolute atomic E-state index is 0.578. The van der Waals surface area contributed by atoms with E-state index in [2.05, 4.69) is 275 Å². The molecule has 14 aromatic carbocycles. The van der Waals surface area contributed by atoms with E-state index in [1.165, 1.54) is 21.5 Å². The second-order valence-electron chi connectivity index (χ2n) is 24.8. The summed E-state index contributed by atoms with van der Waals surface area (Å²) < 4.78 is 26.3. The van der Waals surface area contributed by atoms with Crippen LogP contribution in [0.25, 0.3) is 204 Å². The Balaban J connectivity index is 0.756. The van der Waals surface area contributed by atoms with Gasteiger partial charge in [0.15, 0.2) is 0 Å². The highest BCUT2D eigenvalue weighted by atomic mass is 16.3. The molecule has 0 saturated carbocycles. The van der Waals surface area contributed by atoms with E-state index < -0.39 is 0 Å². The largest absolute Gasteiger partial charge is 0.456 e. The van der Waals surface area contributed by atoms with Crippen LogP contribution in [0.1, 0.15) is 0 Å². The molecule has 0 bridgehead atoms. The van der Waals surface area contributed by atoms with Crippen molar-refractivity contribution in [1.29, 1.82) is 0 Å². The first-order valence-electron chi connectivity index (χ1n) is 31.8. The molecule has 0 unspecified atom stereocenters. The third-order valence-corrected chi connectivity index (χ3v) is 19.7. The molecule has 0 atom stereocenters. The van der Waals surface area contributed by atoms with Crippen molar-refractivity contribution >= 4 is 142 Å². The van der Waals surface area contributed by atoms with Gasteiger partial charge in [-0.05, 0) is 155 Å². The van der Waals surface area contributed by atoms with Gasteiger partial charge in [0, 0.05) is 87.0 Å². The van der Waals surface area contributed by atoms with Crippen LogP contribution in [-0.4, -0.2) is 23.7 Å². The van der Waals surface area contributed by atoms with Gasteiger partial charge in [0.25, 0.3) is 0 Å². The van der Waals surface area contributed by atoms with Crippen molar-refractivity contribution in [3.05, 3.63) is 297 Å². The van der Waals surface area contributed by atoms with E-state index in [1.54, 1.807) is 0 Å². The van der Waals surface area contributed by atoms with Crippen molar-refractivity contribution in [3.63, 3.8) is 0 Å². The predicted octanol–water partition coefficient (Wildman–Crippen LogP) is 23.3. The van der Waals surface area contributed by atoms with Crippen molar-refractivity contribution in [2.24, 2.45) is 0 Å². The summed E-state index contributed by atoms with van der Waals surface area (Å²) in [5, 5.41) is 14.5. The van der Waals surface area contributed by atoms with Gasteiger partial charge < -0.3 is 22.4 Å². The van der Waals surface area contributed by atoms with E-state index in [0.717, 1.165) is 177 Å². The van der Waals surface area contributed by atoms with Crippen LogP contribution < -0.4 is 0 Å². The number of fused-ring (bicyclic) bond motifs is 19. The summed E-state index contributed by atoms with van der Waals surface area (Å²) >= 11 is 0. The normalized spacial score (nSPS) is 12.3. The molecule has 8 nitrogen and oxygen atoms in total. The lowest BCUT2D eigenvalue weighted by molar-refractivity contribution is 0.668. The summed E-state index contributed by atoms with van der Waals surface area (Å²) in [7, 11) is 0. The molecule has 94 heavy (non-hydrogen) atoms. The highest BCUT2D eigenvalue weighted by molar-refractivity contribution is 6.15. The van der Waals surface area contributed by atoms with Gasteiger partial charge >= 0.3 is 0 Å². The number of para-hydroxylation sites is 6. The maximum Gasteiger partial charge on any atom is 0.235 e. The van der Waals surface area contributed by atoms with Crippen molar-refractivity contribution in [3.8, 4) is 62.0 Å². The fourth-order valence-electron chi connectivity index (χ4n) is 15.3. The predicted molar refractivity (Wildman–Crippen MR) is 386 cm³/mol. The van der Waals surface area contributed by atoms with Crippen molar-refractivity contribution < 1.29 is 13.3 Å². The van der Waals surface area contributed by atoms with Gasteiger partial charge in [-0.15, -0.1) is 0 Å². The van der Waals surface area contributed by atoms with E-state index in [1.807, 2.05) is 36.4 Å². The zero-order valence-corrected chi connectivity index (χ0v) is 50.3. The standard InChI is InChI=1S/C86H49N5O3/c1-7-19-73-59(13-1)62-36-27-51(54-30-39-68-65-16-4-10-22-79(65)92-82(68)46-54)43-76(62)89(73)57-33-25-50(26-34-57)85-71-49-58(90-74-20-8-2-14-60(74)63-37-28-52(44-77(63)90)55-31-40-69-66-17-5-11-23-80(66)93-83(69)47-55)35-42-72(71)87-86(88-85)91-75-21-9-3-15-61(75)64-38-29-53(45-78(64)91)56-32-41-70-67-18-6-12-24-81(67)94-84(70)48-56/h1-49H. The van der Waals surface area contributed by atoms with E-state index in [0.29, 0.717) is 5.95 Å². The summed E-state index contributed by atoms with van der Waals surface area (Å²) in [4.78, 5) is 11.4. The van der Waals surface area contributed by atoms with Crippen LogP contribution in [-0.2, 0) is 0 Å². The number of hydrogen-bond acceptors (Lipinski definition) is 5. The molecule has 0 amide bonds. The molecule has 7 aromatic heterocycles. The fraction of sp³-hybridized carbons (Fsp3) is 0. The summed E-state index contributed by atoms with van der Waals surface area (Å²) in [5.41, 5.74) is 22.9. The van der Waals surface area contributed by atoms with Crippen LogP contribution in [0, 0.1) is 0 Å². The van der Waals surface area contributed by atoms with Gasteiger partial charge in [-0.2, -0.15) is 0 Å². The molecule has 21 aromatic rings. The van der Waals surface area contributed by atoms with E-state index in [4.69, 9.17) is 23.2 Å². The number of aromatic nitrogens is 5. The Morgan fingerprint density at radius 1 is 0.202 bits per heavy atom. The first kappa shape index (κ1) is 51.0. The van der Waals surface area contributed by atoms with Crippen LogP contribution >= 0.6 is 0 Å². The first-order chi connectivity index (χ1) is 46.5. The lowest BCUT2D eigenvalue weighted by Crippen LogP contribution is -2.04. The second-order valence-corrected chi connectivity index (χ2v) is 24.8. The summed E-state index contributed by atoms with van der Waals surface area (Å²) in [6.45, 7) is 0. The summed E-state index contributed by atoms with van der Waals surface area (Å²) in [6.07, 6.45) is 0. The maximum absolute atomic E-state index is 6.43. The molecular formula is C86H49N5O3.